The first-order chi connectivity index (χ1) is 8.52. The molecule has 0 bridgehead atoms. The lowest BCUT2D eigenvalue weighted by molar-refractivity contribution is 0.0876. The third-order valence-corrected chi connectivity index (χ3v) is 3.51. The van der Waals surface area contributed by atoms with Crippen molar-refractivity contribution in [3.8, 4) is 0 Å². The number of carbonyl (C=O) groups is 1. The summed E-state index contributed by atoms with van der Waals surface area (Å²) in [6.07, 6.45) is 1.64. The Morgan fingerprint density at radius 1 is 1.61 bits per heavy atom. The first-order valence-corrected chi connectivity index (χ1v) is 6.76. The molecule has 1 unspecified atom stereocenters. The number of rotatable bonds is 7. The fourth-order valence-corrected chi connectivity index (χ4v) is 2.30. The smallest absolute Gasteiger partial charge is 0.186 e. The number of aromatic nitrogens is 2. The molecule has 0 spiro atoms. The summed E-state index contributed by atoms with van der Waals surface area (Å²) >= 11 is 3.37. The molecule has 0 saturated heterocycles. The molecule has 1 heterocycles. The van der Waals surface area contributed by atoms with Crippen LogP contribution in [0.15, 0.2) is 10.7 Å². The standard InChI is InChI=1S/C12H20BrN3O2/c1-8(2)9(6-14)12(17)11-10(13)7-15-16(11)4-5-18-3/h7-9H,4-6,14H2,1-3H3. The van der Waals surface area contributed by atoms with Crippen LogP contribution in [0.2, 0.25) is 0 Å². The Hall–Kier alpha value is -0.720. The van der Waals surface area contributed by atoms with Crippen LogP contribution in [0, 0.1) is 11.8 Å². The van der Waals surface area contributed by atoms with Gasteiger partial charge >= 0.3 is 0 Å². The number of hydrogen-bond donors (Lipinski definition) is 1. The van der Waals surface area contributed by atoms with Crippen LogP contribution in [-0.4, -0.2) is 35.8 Å². The van der Waals surface area contributed by atoms with Gasteiger partial charge in [0.05, 0.1) is 23.8 Å². The van der Waals surface area contributed by atoms with Gasteiger partial charge < -0.3 is 10.5 Å². The number of Topliss-reactive ketones (excluding diaryl/α,β-unsaturated/α-hetero) is 1. The summed E-state index contributed by atoms with van der Waals surface area (Å²) < 4.78 is 7.39. The van der Waals surface area contributed by atoms with Crippen molar-refractivity contribution < 1.29 is 9.53 Å². The van der Waals surface area contributed by atoms with Crippen LogP contribution in [0.4, 0.5) is 0 Å². The van der Waals surface area contributed by atoms with Gasteiger partial charge in [0.25, 0.3) is 0 Å². The van der Waals surface area contributed by atoms with Gasteiger partial charge in [-0.25, -0.2) is 0 Å². The first-order valence-electron chi connectivity index (χ1n) is 5.97. The van der Waals surface area contributed by atoms with Gasteiger partial charge in [-0.05, 0) is 21.8 Å². The van der Waals surface area contributed by atoms with Crippen molar-refractivity contribution in [2.75, 3.05) is 20.3 Å². The minimum absolute atomic E-state index is 0.0352. The molecular weight excluding hydrogens is 298 g/mol. The highest BCUT2D eigenvalue weighted by Gasteiger charge is 2.27. The number of ether oxygens (including phenoxy) is 1. The van der Waals surface area contributed by atoms with Gasteiger partial charge in [0, 0.05) is 19.6 Å². The van der Waals surface area contributed by atoms with Crippen molar-refractivity contribution in [3.63, 3.8) is 0 Å². The second kappa shape index (κ2) is 7.01. The molecule has 18 heavy (non-hydrogen) atoms. The van der Waals surface area contributed by atoms with Gasteiger partial charge in [0.15, 0.2) is 5.78 Å². The minimum atomic E-state index is -0.181. The Morgan fingerprint density at radius 3 is 2.78 bits per heavy atom. The topological polar surface area (TPSA) is 70.1 Å². The number of nitrogens with two attached hydrogens (primary N) is 1. The zero-order chi connectivity index (χ0) is 13.7. The maximum atomic E-state index is 12.5. The van der Waals surface area contributed by atoms with Crippen molar-refractivity contribution in [2.45, 2.75) is 20.4 Å². The van der Waals surface area contributed by atoms with Crippen molar-refractivity contribution in [2.24, 2.45) is 17.6 Å². The number of ketones is 1. The number of hydrogen-bond acceptors (Lipinski definition) is 4. The summed E-state index contributed by atoms with van der Waals surface area (Å²) in [5.41, 5.74) is 6.27. The van der Waals surface area contributed by atoms with Crippen LogP contribution < -0.4 is 5.73 Å². The van der Waals surface area contributed by atoms with E-state index < -0.39 is 0 Å². The van der Waals surface area contributed by atoms with E-state index in [1.54, 1.807) is 18.0 Å². The molecule has 6 heteroatoms. The van der Waals surface area contributed by atoms with E-state index in [0.29, 0.717) is 29.9 Å². The van der Waals surface area contributed by atoms with Crippen LogP contribution in [0.3, 0.4) is 0 Å². The van der Waals surface area contributed by atoms with Gasteiger partial charge in [0.1, 0.15) is 5.69 Å². The number of nitrogens with zero attached hydrogens (tertiary/aromatic N) is 2. The highest BCUT2D eigenvalue weighted by molar-refractivity contribution is 9.10. The molecule has 0 aliphatic rings. The highest BCUT2D eigenvalue weighted by atomic mass is 79.9. The zero-order valence-electron chi connectivity index (χ0n) is 11.0. The summed E-state index contributed by atoms with van der Waals surface area (Å²) in [5.74, 6) is 0.0625. The second-order valence-electron chi connectivity index (χ2n) is 4.51. The summed E-state index contributed by atoms with van der Waals surface area (Å²) in [7, 11) is 1.62. The molecule has 1 aromatic heterocycles. The van der Waals surface area contributed by atoms with E-state index in [9.17, 15) is 4.79 Å². The zero-order valence-corrected chi connectivity index (χ0v) is 12.6. The molecule has 1 rings (SSSR count). The predicted molar refractivity (Wildman–Crippen MR) is 73.5 cm³/mol. The summed E-state index contributed by atoms with van der Waals surface area (Å²) in [6, 6.07) is 0. The van der Waals surface area contributed by atoms with E-state index >= 15 is 0 Å². The molecule has 0 amide bonds. The summed E-state index contributed by atoms with van der Waals surface area (Å²) in [5, 5.41) is 4.18. The Labute approximate surface area is 116 Å². The van der Waals surface area contributed by atoms with Crippen LogP contribution in [0.5, 0.6) is 0 Å². The molecule has 0 fully saturated rings. The van der Waals surface area contributed by atoms with Crippen molar-refractivity contribution >= 4 is 21.7 Å². The monoisotopic (exact) mass is 317 g/mol. The fourth-order valence-electron chi connectivity index (χ4n) is 1.81. The molecule has 0 saturated carbocycles. The number of methoxy groups -OCH3 is 1. The Balaban J connectivity index is 2.99. The van der Waals surface area contributed by atoms with E-state index in [1.807, 2.05) is 13.8 Å². The third kappa shape index (κ3) is 3.40. The van der Waals surface area contributed by atoms with Gasteiger partial charge in [-0.3, -0.25) is 9.48 Å². The average Bonchev–Trinajstić information content (AvgIpc) is 2.68. The summed E-state index contributed by atoms with van der Waals surface area (Å²) in [4.78, 5) is 12.5. The lowest BCUT2D eigenvalue weighted by atomic mass is 9.90. The lowest BCUT2D eigenvalue weighted by Gasteiger charge is -2.18. The van der Waals surface area contributed by atoms with E-state index in [4.69, 9.17) is 10.5 Å². The SMILES string of the molecule is COCCn1ncc(Br)c1C(=O)C(CN)C(C)C. The van der Waals surface area contributed by atoms with E-state index in [0.717, 1.165) is 0 Å². The van der Waals surface area contributed by atoms with Gasteiger partial charge in [0.2, 0.25) is 0 Å². The molecule has 0 radical (unpaired) electrons. The molecule has 102 valence electrons. The molecule has 0 aliphatic heterocycles. The summed E-state index contributed by atoms with van der Waals surface area (Å²) in [6.45, 7) is 5.42. The minimum Gasteiger partial charge on any atom is -0.383 e. The number of carbonyl (C=O) groups excluding carboxylic acids is 1. The molecule has 1 aromatic rings. The molecule has 0 aliphatic carbocycles. The molecule has 1 atom stereocenters. The predicted octanol–water partition coefficient (Wildman–Crippen LogP) is 1.71. The van der Waals surface area contributed by atoms with Gasteiger partial charge in [-0.1, -0.05) is 13.8 Å². The second-order valence-corrected chi connectivity index (χ2v) is 5.36. The maximum Gasteiger partial charge on any atom is 0.186 e. The third-order valence-electron chi connectivity index (χ3n) is 2.93. The van der Waals surface area contributed by atoms with Gasteiger partial charge in [-0.2, -0.15) is 5.10 Å². The van der Waals surface area contributed by atoms with Crippen molar-refractivity contribution in [3.05, 3.63) is 16.4 Å². The van der Waals surface area contributed by atoms with E-state index in [-0.39, 0.29) is 17.6 Å². The highest BCUT2D eigenvalue weighted by Crippen LogP contribution is 2.23. The first kappa shape index (κ1) is 15.3. The fraction of sp³-hybridized carbons (Fsp3) is 0.667. The van der Waals surface area contributed by atoms with Crippen molar-refractivity contribution in [1.29, 1.82) is 0 Å². The quantitative estimate of drug-likeness (QED) is 0.777. The van der Waals surface area contributed by atoms with Crippen LogP contribution in [-0.2, 0) is 11.3 Å². The van der Waals surface area contributed by atoms with Crippen LogP contribution in [0.1, 0.15) is 24.3 Å². The van der Waals surface area contributed by atoms with Crippen LogP contribution in [0.25, 0.3) is 0 Å². The normalized spacial score (nSPS) is 13.0. The largest absolute Gasteiger partial charge is 0.383 e. The average molecular weight is 318 g/mol. The van der Waals surface area contributed by atoms with Gasteiger partial charge in [-0.15, -0.1) is 0 Å². The molecule has 2 N–H and O–H groups in total. The van der Waals surface area contributed by atoms with E-state index in [2.05, 4.69) is 21.0 Å². The Bertz CT molecular complexity index is 404. The van der Waals surface area contributed by atoms with Crippen molar-refractivity contribution in [1.82, 2.24) is 9.78 Å². The maximum absolute atomic E-state index is 12.5. The lowest BCUT2D eigenvalue weighted by Crippen LogP contribution is -2.30. The molecular formula is C12H20BrN3O2. The molecule has 5 nitrogen and oxygen atoms in total. The molecule has 0 aromatic carbocycles. The van der Waals surface area contributed by atoms with E-state index in [1.165, 1.54) is 0 Å². The Kier molecular flexibility index (Phi) is 5.98. The number of halogens is 1. The van der Waals surface area contributed by atoms with Crippen LogP contribution >= 0.6 is 15.9 Å². The Morgan fingerprint density at radius 2 is 2.28 bits per heavy atom.